The number of hydrogen-bond acceptors (Lipinski definition) is 3. The summed E-state index contributed by atoms with van der Waals surface area (Å²) in [5, 5.41) is 0. The van der Waals surface area contributed by atoms with Gasteiger partial charge in [-0.1, -0.05) is 90.0 Å². The normalized spacial score (nSPS) is 11.6. The Morgan fingerprint density at radius 3 is 1.96 bits per heavy atom. The highest BCUT2D eigenvalue weighted by molar-refractivity contribution is 6.01. The predicted octanol–water partition coefficient (Wildman–Crippen LogP) is 5.40. The summed E-state index contributed by atoms with van der Waals surface area (Å²) in [6, 6.07) is 24.6. The predicted molar refractivity (Wildman–Crippen MR) is 110 cm³/mol. The van der Waals surface area contributed by atoms with Gasteiger partial charge in [0.1, 0.15) is 0 Å². The summed E-state index contributed by atoms with van der Waals surface area (Å²) in [5.74, 6) is -0.591. The second kappa shape index (κ2) is 9.14. The van der Waals surface area contributed by atoms with E-state index in [2.05, 4.69) is 0 Å². The van der Waals surface area contributed by atoms with Gasteiger partial charge in [0.2, 0.25) is 5.78 Å². The molecule has 0 aliphatic rings. The van der Waals surface area contributed by atoms with Crippen LogP contribution in [0.1, 0.15) is 45.1 Å². The maximum atomic E-state index is 13.1. The van der Waals surface area contributed by atoms with Gasteiger partial charge in [-0.2, -0.15) is 0 Å². The van der Waals surface area contributed by atoms with Crippen LogP contribution in [0, 0.1) is 13.8 Å². The molecule has 0 fully saturated rings. The molecule has 0 radical (unpaired) electrons. The summed E-state index contributed by atoms with van der Waals surface area (Å²) >= 11 is 0. The van der Waals surface area contributed by atoms with Crippen LogP contribution < -0.4 is 0 Å². The first-order valence-corrected chi connectivity index (χ1v) is 9.44. The van der Waals surface area contributed by atoms with Crippen molar-refractivity contribution < 1.29 is 14.3 Å². The zero-order valence-corrected chi connectivity index (χ0v) is 16.2. The number of esters is 1. The van der Waals surface area contributed by atoms with Crippen molar-refractivity contribution in [2.45, 2.75) is 32.8 Å². The monoisotopic (exact) mass is 372 g/mol. The number of carbonyl (C=O) groups excluding carboxylic acids is 2. The van der Waals surface area contributed by atoms with Crippen LogP contribution in [-0.4, -0.2) is 11.8 Å². The lowest BCUT2D eigenvalue weighted by Crippen LogP contribution is -2.20. The first-order chi connectivity index (χ1) is 13.5. The molecular weight excluding hydrogens is 348 g/mol. The van der Waals surface area contributed by atoms with E-state index >= 15 is 0 Å². The standard InChI is InChI=1S/C25H24O3/c1-18-8-13-21(14-9-18)24(27)25(22-15-10-19(2)11-16-22)28-23(26)17-12-20-6-4-3-5-7-20/h3-11,13-16,25H,12,17H2,1-2H3/t25-/m1/s1. The summed E-state index contributed by atoms with van der Waals surface area (Å²) in [5.41, 5.74) is 4.44. The van der Waals surface area contributed by atoms with Crippen molar-refractivity contribution >= 4 is 11.8 Å². The van der Waals surface area contributed by atoms with Crippen LogP contribution in [0.2, 0.25) is 0 Å². The minimum atomic E-state index is -0.938. The molecule has 3 heteroatoms. The van der Waals surface area contributed by atoms with Gasteiger partial charge in [0, 0.05) is 17.5 Å². The molecule has 0 aromatic heterocycles. The highest BCUT2D eigenvalue weighted by Gasteiger charge is 2.26. The van der Waals surface area contributed by atoms with E-state index in [-0.39, 0.29) is 18.2 Å². The number of hydrogen-bond donors (Lipinski definition) is 0. The fourth-order valence-corrected chi connectivity index (χ4v) is 2.96. The van der Waals surface area contributed by atoms with Crippen molar-refractivity contribution in [3.63, 3.8) is 0 Å². The maximum Gasteiger partial charge on any atom is 0.307 e. The van der Waals surface area contributed by atoms with E-state index < -0.39 is 6.10 Å². The summed E-state index contributed by atoms with van der Waals surface area (Å²) in [6.45, 7) is 3.95. The molecule has 0 unspecified atom stereocenters. The Balaban J connectivity index is 1.77. The molecule has 1 atom stereocenters. The van der Waals surface area contributed by atoms with Crippen molar-refractivity contribution in [2.24, 2.45) is 0 Å². The van der Waals surface area contributed by atoms with Crippen LogP contribution in [0.5, 0.6) is 0 Å². The number of ketones is 1. The minimum Gasteiger partial charge on any atom is -0.449 e. The molecule has 0 saturated heterocycles. The zero-order chi connectivity index (χ0) is 19.9. The van der Waals surface area contributed by atoms with Crippen LogP contribution >= 0.6 is 0 Å². The molecule has 0 aliphatic heterocycles. The lowest BCUT2D eigenvalue weighted by Gasteiger charge is -2.18. The summed E-state index contributed by atoms with van der Waals surface area (Å²) in [6.07, 6.45) is -0.126. The van der Waals surface area contributed by atoms with E-state index in [1.54, 1.807) is 12.1 Å². The van der Waals surface area contributed by atoms with E-state index in [9.17, 15) is 9.59 Å². The number of Topliss-reactive ketones (excluding diaryl/α,β-unsaturated/α-hetero) is 1. The van der Waals surface area contributed by atoms with Crippen molar-refractivity contribution in [3.05, 3.63) is 107 Å². The molecule has 0 spiro atoms. The maximum absolute atomic E-state index is 13.1. The van der Waals surface area contributed by atoms with Gasteiger partial charge >= 0.3 is 5.97 Å². The number of aryl methyl sites for hydroxylation is 3. The van der Waals surface area contributed by atoms with Crippen LogP contribution in [0.3, 0.4) is 0 Å². The van der Waals surface area contributed by atoms with Crippen molar-refractivity contribution in [1.82, 2.24) is 0 Å². The smallest absolute Gasteiger partial charge is 0.307 e. The van der Waals surface area contributed by atoms with E-state index in [0.717, 1.165) is 16.7 Å². The van der Waals surface area contributed by atoms with E-state index in [1.165, 1.54) is 0 Å². The third-order valence-electron chi connectivity index (χ3n) is 4.66. The number of ether oxygens (including phenoxy) is 1. The lowest BCUT2D eigenvalue weighted by atomic mass is 9.98. The average molecular weight is 372 g/mol. The molecule has 0 N–H and O–H groups in total. The molecule has 0 heterocycles. The Morgan fingerprint density at radius 1 is 0.786 bits per heavy atom. The Morgan fingerprint density at radius 2 is 1.36 bits per heavy atom. The van der Waals surface area contributed by atoms with Crippen molar-refractivity contribution in [1.29, 1.82) is 0 Å². The third kappa shape index (κ3) is 5.17. The third-order valence-corrected chi connectivity index (χ3v) is 4.66. The average Bonchev–Trinajstić information content (AvgIpc) is 2.72. The molecule has 0 amide bonds. The van der Waals surface area contributed by atoms with Crippen LogP contribution in [0.25, 0.3) is 0 Å². The molecule has 3 nitrogen and oxygen atoms in total. The quantitative estimate of drug-likeness (QED) is 0.412. The van der Waals surface area contributed by atoms with Crippen LogP contribution in [0.15, 0.2) is 78.9 Å². The van der Waals surface area contributed by atoms with Gasteiger partial charge < -0.3 is 4.74 Å². The van der Waals surface area contributed by atoms with Crippen LogP contribution in [-0.2, 0) is 16.0 Å². The largest absolute Gasteiger partial charge is 0.449 e. The first-order valence-electron chi connectivity index (χ1n) is 9.44. The molecule has 28 heavy (non-hydrogen) atoms. The van der Waals surface area contributed by atoms with Gasteiger partial charge in [0.15, 0.2) is 6.10 Å². The molecule has 142 valence electrons. The minimum absolute atomic E-state index is 0.211. The highest BCUT2D eigenvalue weighted by Crippen LogP contribution is 2.24. The SMILES string of the molecule is Cc1ccc(C(=O)[C@H](OC(=O)CCc2ccccc2)c2ccc(C)cc2)cc1. The first kappa shape index (κ1) is 19.6. The second-order valence-electron chi connectivity index (χ2n) is 7.00. The summed E-state index contributed by atoms with van der Waals surface area (Å²) in [7, 11) is 0. The zero-order valence-electron chi connectivity index (χ0n) is 16.2. The molecule has 3 rings (SSSR count). The second-order valence-corrected chi connectivity index (χ2v) is 7.00. The fraction of sp³-hybridized carbons (Fsp3) is 0.200. The van der Waals surface area contributed by atoms with Gasteiger partial charge in [0.05, 0.1) is 0 Å². The number of rotatable bonds is 7. The van der Waals surface area contributed by atoms with Gasteiger partial charge in [0.25, 0.3) is 0 Å². The molecule has 3 aromatic rings. The fourth-order valence-electron chi connectivity index (χ4n) is 2.96. The lowest BCUT2D eigenvalue weighted by molar-refractivity contribution is -0.147. The molecule has 0 bridgehead atoms. The summed E-state index contributed by atoms with van der Waals surface area (Å²) in [4.78, 5) is 25.6. The summed E-state index contributed by atoms with van der Waals surface area (Å²) < 4.78 is 5.66. The molecule has 0 saturated carbocycles. The van der Waals surface area contributed by atoms with Crippen molar-refractivity contribution in [3.8, 4) is 0 Å². The molecule has 3 aromatic carbocycles. The van der Waals surface area contributed by atoms with E-state index in [1.807, 2.05) is 80.6 Å². The number of benzene rings is 3. The van der Waals surface area contributed by atoms with Gasteiger partial charge in [-0.05, 0) is 25.8 Å². The Hall–Kier alpha value is -3.20. The molecular formula is C25H24O3. The highest BCUT2D eigenvalue weighted by atomic mass is 16.5. The van der Waals surface area contributed by atoms with Gasteiger partial charge in [-0.15, -0.1) is 0 Å². The topological polar surface area (TPSA) is 43.4 Å². The Labute approximate surface area is 166 Å². The van der Waals surface area contributed by atoms with Crippen LogP contribution in [0.4, 0.5) is 0 Å². The Bertz CT molecular complexity index is 926. The molecule has 0 aliphatic carbocycles. The van der Waals surface area contributed by atoms with Gasteiger partial charge in [-0.25, -0.2) is 0 Å². The van der Waals surface area contributed by atoms with E-state index in [0.29, 0.717) is 17.5 Å². The van der Waals surface area contributed by atoms with Gasteiger partial charge in [-0.3, -0.25) is 9.59 Å². The number of carbonyl (C=O) groups is 2. The van der Waals surface area contributed by atoms with Crippen molar-refractivity contribution in [2.75, 3.05) is 0 Å². The van der Waals surface area contributed by atoms with E-state index in [4.69, 9.17) is 4.74 Å². The Kier molecular flexibility index (Phi) is 6.38.